The number of hydrogen-bond acceptors (Lipinski definition) is 4. The Hall–Kier alpha value is -0.850. The summed E-state index contributed by atoms with van der Waals surface area (Å²) in [6.07, 6.45) is 6.87. The van der Waals surface area contributed by atoms with E-state index in [1.54, 1.807) is 0 Å². The Labute approximate surface area is 131 Å². The number of nitrogens with zero attached hydrogens (tertiary/aromatic N) is 1. The highest BCUT2D eigenvalue weighted by Crippen LogP contribution is 2.25. The van der Waals surface area contributed by atoms with Crippen LogP contribution in [0.2, 0.25) is 5.02 Å². The van der Waals surface area contributed by atoms with Gasteiger partial charge in [0.25, 0.3) is 0 Å². The van der Waals surface area contributed by atoms with Gasteiger partial charge in [-0.05, 0) is 31.2 Å². The number of anilines is 1. The third-order valence-corrected chi connectivity index (χ3v) is 5.38. The number of rotatable bonds is 7. The van der Waals surface area contributed by atoms with Gasteiger partial charge in [0.15, 0.2) is 0 Å². The molecule has 1 aliphatic carbocycles. The second-order valence-corrected chi connectivity index (χ2v) is 7.60. The fourth-order valence-electron chi connectivity index (χ4n) is 2.47. The zero-order chi connectivity index (χ0) is 15.3. The van der Waals surface area contributed by atoms with Crippen LogP contribution in [0.1, 0.15) is 39.0 Å². The lowest BCUT2D eigenvalue weighted by molar-refractivity contribution is 0.519. The summed E-state index contributed by atoms with van der Waals surface area (Å²) in [6.45, 7) is 3.28. The Bertz CT molecular complexity index is 572. The minimum Gasteiger partial charge on any atom is -0.369 e. The summed E-state index contributed by atoms with van der Waals surface area (Å²) in [5.74, 6) is 0.974. The van der Waals surface area contributed by atoms with Crippen molar-refractivity contribution in [3.63, 3.8) is 0 Å². The summed E-state index contributed by atoms with van der Waals surface area (Å²) in [5.41, 5.74) is 0. The standard InChI is InChI=1S/C14H22ClN3O2S/c1-2-7-16-14-13(15)8-12(10-17-14)21(19,20)18-9-11-5-3-4-6-11/h8,10-11,18H,2-7,9H2,1H3,(H,16,17). The number of aromatic nitrogens is 1. The summed E-state index contributed by atoms with van der Waals surface area (Å²) in [6, 6.07) is 1.45. The third kappa shape index (κ3) is 4.56. The van der Waals surface area contributed by atoms with Crippen LogP contribution in [0.3, 0.4) is 0 Å². The molecule has 0 amide bonds. The maximum absolute atomic E-state index is 12.2. The van der Waals surface area contributed by atoms with Crippen LogP contribution in [0, 0.1) is 5.92 Å². The van der Waals surface area contributed by atoms with E-state index in [2.05, 4.69) is 15.0 Å². The fourth-order valence-corrected chi connectivity index (χ4v) is 3.85. The molecule has 1 fully saturated rings. The smallest absolute Gasteiger partial charge is 0.242 e. The second kappa shape index (κ2) is 7.42. The summed E-state index contributed by atoms with van der Waals surface area (Å²) >= 11 is 6.08. The molecule has 1 saturated carbocycles. The average molecular weight is 332 g/mol. The Balaban J connectivity index is 2.03. The maximum Gasteiger partial charge on any atom is 0.242 e. The van der Waals surface area contributed by atoms with Crippen LogP contribution < -0.4 is 10.0 Å². The highest BCUT2D eigenvalue weighted by atomic mass is 35.5. The minimum absolute atomic E-state index is 0.118. The van der Waals surface area contributed by atoms with E-state index in [-0.39, 0.29) is 4.90 Å². The van der Waals surface area contributed by atoms with Gasteiger partial charge in [0.1, 0.15) is 10.7 Å². The summed E-state index contributed by atoms with van der Waals surface area (Å²) in [5, 5.41) is 3.39. The van der Waals surface area contributed by atoms with E-state index < -0.39 is 10.0 Å². The van der Waals surface area contributed by atoms with Crippen molar-refractivity contribution in [1.29, 1.82) is 0 Å². The van der Waals surface area contributed by atoms with Gasteiger partial charge in [-0.15, -0.1) is 0 Å². The van der Waals surface area contributed by atoms with Gasteiger partial charge in [-0.2, -0.15) is 0 Å². The van der Waals surface area contributed by atoms with E-state index in [0.717, 1.165) is 25.8 Å². The molecule has 1 aliphatic rings. The van der Waals surface area contributed by atoms with E-state index in [1.165, 1.54) is 25.1 Å². The van der Waals surface area contributed by atoms with Crippen LogP contribution in [0.4, 0.5) is 5.82 Å². The summed E-state index contributed by atoms with van der Waals surface area (Å²) in [4.78, 5) is 4.22. The average Bonchev–Trinajstić information content (AvgIpc) is 2.97. The lowest BCUT2D eigenvalue weighted by atomic mass is 10.1. The molecule has 0 aromatic carbocycles. The first-order valence-corrected chi connectivity index (χ1v) is 9.28. The summed E-state index contributed by atoms with van der Waals surface area (Å²) < 4.78 is 27.1. The fraction of sp³-hybridized carbons (Fsp3) is 0.643. The first-order chi connectivity index (χ1) is 10.0. The molecule has 0 saturated heterocycles. The zero-order valence-electron chi connectivity index (χ0n) is 12.2. The molecule has 2 N–H and O–H groups in total. The molecular weight excluding hydrogens is 310 g/mol. The zero-order valence-corrected chi connectivity index (χ0v) is 13.8. The van der Waals surface area contributed by atoms with Crippen molar-refractivity contribution in [2.24, 2.45) is 5.92 Å². The van der Waals surface area contributed by atoms with Crippen LogP contribution in [0.5, 0.6) is 0 Å². The highest BCUT2D eigenvalue weighted by molar-refractivity contribution is 7.89. The van der Waals surface area contributed by atoms with Crippen LogP contribution in [-0.4, -0.2) is 26.5 Å². The van der Waals surface area contributed by atoms with Crippen molar-refractivity contribution in [3.05, 3.63) is 17.3 Å². The van der Waals surface area contributed by atoms with Crippen LogP contribution in [0.15, 0.2) is 17.2 Å². The predicted molar refractivity (Wildman–Crippen MR) is 85.2 cm³/mol. The van der Waals surface area contributed by atoms with Gasteiger partial charge in [0.05, 0.1) is 5.02 Å². The van der Waals surface area contributed by atoms with Crippen LogP contribution in [-0.2, 0) is 10.0 Å². The van der Waals surface area contributed by atoms with Crippen molar-refractivity contribution >= 4 is 27.4 Å². The first kappa shape index (κ1) is 16.5. The molecule has 5 nitrogen and oxygen atoms in total. The van der Waals surface area contributed by atoms with E-state index >= 15 is 0 Å². The number of pyridine rings is 1. The molecule has 1 aromatic rings. The van der Waals surface area contributed by atoms with E-state index in [9.17, 15) is 8.42 Å². The van der Waals surface area contributed by atoms with Crippen molar-refractivity contribution < 1.29 is 8.42 Å². The van der Waals surface area contributed by atoms with Crippen molar-refractivity contribution in [2.45, 2.75) is 43.9 Å². The van der Waals surface area contributed by atoms with Gasteiger partial charge in [0.2, 0.25) is 10.0 Å². The van der Waals surface area contributed by atoms with E-state index in [0.29, 0.717) is 23.3 Å². The van der Waals surface area contributed by atoms with Gasteiger partial charge >= 0.3 is 0 Å². The van der Waals surface area contributed by atoms with Gasteiger partial charge in [-0.3, -0.25) is 0 Å². The number of sulfonamides is 1. The maximum atomic E-state index is 12.2. The molecule has 1 aromatic heterocycles. The highest BCUT2D eigenvalue weighted by Gasteiger charge is 2.20. The Kier molecular flexibility index (Phi) is 5.84. The molecule has 118 valence electrons. The minimum atomic E-state index is -3.53. The lowest BCUT2D eigenvalue weighted by Gasteiger charge is -2.12. The van der Waals surface area contributed by atoms with Crippen molar-refractivity contribution in [1.82, 2.24) is 9.71 Å². The number of nitrogens with one attached hydrogen (secondary N) is 2. The molecule has 0 unspecified atom stereocenters. The van der Waals surface area contributed by atoms with Crippen molar-refractivity contribution in [2.75, 3.05) is 18.4 Å². The SMILES string of the molecule is CCCNc1ncc(S(=O)(=O)NCC2CCCC2)cc1Cl. The van der Waals surface area contributed by atoms with Gasteiger partial charge in [0, 0.05) is 19.3 Å². The Morgan fingerprint density at radius 1 is 1.38 bits per heavy atom. The lowest BCUT2D eigenvalue weighted by Crippen LogP contribution is -2.28. The van der Waals surface area contributed by atoms with E-state index in [1.807, 2.05) is 6.92 Å². The van der Waals surface area contributed by atoms with Crippen molar-refractivity contribution in [3.8, 4) is 0 Å². The van der Waals surface area contributed by atoms with E-state index in [4.69, 9.17) is 11.6 Å². The Morgan fingerprint density at radius 3 is 2.71 bits per heavy atom. The molecule has 7 heteroatoms. The molecule has 0 atom stereocenters. The topological polar surface area (TPSA) is 71.1 Å². The largest absolute Gasteiger partial charge is 0.369 e. The van der Waals surface area contributed by atoms with Crippen LogP contribution >= 0.6 is 11.6 Å². The molecule has 2 rings (SSSR count). The van der Waals surface area contributed by atoms with Gasteiger partial charge in [-0.25, -0.2) is 18.1 Å². The first-order valence-electron chi connectivity index (χ1n) is 7.42. The normalized spacial score (nSPS) is 16.3. The number of hydrogen-bond donors (Lipinski definition) is 2. The summed E-state index contributed by atoms with van der Waals surface area (Å²) in [7, 11) is -3.53. The molecule has 0 spiro atoms. The molecular formula is C14H22ClN3O2S. The predicted octanol–water partition coefficient (Wildman–Crippen LogP) is 3.03. The molecule has 1 heterocycles. The monoisotopic (exact) mass is 331 g/mol. The molecule has 0 bridgehead atoms. The quantitative estimate of drug-likeness (QED) is 0.805. The van der Waals surface area contributed by atoms with Gasteiger partial charge < -0.3 is 5.32 Å². The molecule has 21 heavy (non-hydrogen) atoms. The second-order valence-electron chi connectivity index (χ2n) is 5.43. The molecule has 0 radical (unpaired) electrons. The number of halogens is 1. The Morgan fingerprint density at radius 2 is 2.10 bits per heavy atom. The van der Waals surface area contributed by atoms with Crippen LogP contribution in [0.25, 0.3) is 0 Å². The van der Waals surface area contributed by atoms with Gasteiger partial charge in [-0.1, -0.05) is 31.4 Å². The third-order valence-electron chi connectivity index (χ3n) is 3.71. The molecule has 0 aliphatic heterocycles.